The highest BCUT2D eigenvalue weighted by molar-refractivity contribution is 7.13. The maximum Gasteiger partial charge on any atom is 0.270 e. The number of hydrogen-bond donors (Lipinski definition) is 2. The third-order valence-electron chi connectivity index (χ3n) is 5.18. The van der Waals surface area contributed by atoms with E-state index in [2.05, 4.69) is 35.6 Å². The van der Waals surface area contributed by atoms with Crippen molar-refractivity contribution in [3.05, 3.63) is 46.0 Å². The van der Waals surface area contributed by atoms with Crippen LogP contribution < -0.4 is 15.5 Å². The number of ether oxygens (including phenoxy) is 1. The van der Waals surface area contributed by atoms with Crippen molar-refractivity contribution in [2.45, 2.75) is 39.2 Å². The maximum atomic E-state index is 12.8. The van der Waals surface area contributed by atoms with Crippen molar-refractivity contribution < 1.29 is 18.8 Å². The van der Waals surface area contributed by atoms with E-state index in [4.69, 9.17) is 9.26 Å². The summed E-state index contributed by atoms with van der Waals surface area (Å²) in [7, 11) is 0. The highest BCUT2D eigenvalue weighted by atomic mass is 32.1. The fourth-order valence-corrected chi connectivity index (χ4v) is 4.04. The molecule has 4 rings (SSSR count). The molecule has 3 aromatic rings. The Hall–Kier alpha value is -3.38. The van der Waals surface area contributed by atoms with E-state index < -0.39 is 6.04 Å². The summed E-state index contributed by atoms with van der Waals surface area (Å²) in [4.78, 5) is 40.5. The highest BCUT2D eigenvalue weighted by Crippen LogP contribution is 2.26. The van der Waals surface area contributed by atoms with Crippen LogP contribution in [0.15, 0.2) is 29.2 Å². The van der Waals surface area contributed by atoms with E-state index in [1.165, 1.54) is 23.9 Å². The number of carbonyl (C=O) groups excluding carboxylic acids is 2. The van der Waals surface area contributed by atoms with Crippen molar-refractivity contribution in [3.8, 4) is 0 Å². The average molecular weight is 486 g/mol. The molecule has 180 valence electrons. The first kappa shape index (κ1) is 23.8. The third-order valence-corrected chi connectivity index (χ3v) is 6.36. The van der Waals surface area contributed by atoms with E-state index in [1.54, 1.807) is 19.1 Å². The second kappa shape index (κ2) is 9.85. The molecular formula is C22H27N7O4S. The van der Waals surface area contributed by atoms with Crippen LogP contribution in [-0.4, -0.2) is 58.2 Å². The molecule has 1 fully saturated rings. The number of rotatable bonds is 6. The van der Waals surface area contributed by atoms with Crippen LogP contribution in [0.25, 0.3) is 0 Å². The van der Waals surface area contributed by atoms with Gasteiger partial charge in [-0.05, 0) is 6.92 Å². The molecule has 1 unspecified atom stereocenters. The Balaban J connectivity index is 1.37. The molecule has 1 atom stereocenters. The summed E-state index contributed by atoms with van der Waals surface area (Å²) < 4.78 is 10.7. The van der Waals surface area contributed by atoms with Crippen molar-refractivity contribution >= 4 is 34.8 Å². The molecule has 1 aliphatic rings. The fourth-order valence-electron chi connectivity index (χ4n) is 3.23. The molecule has 34 heavy (non-hydrogen) atoms. The Morgan fingerprint density at radius 2 is 1.88 bits per heavy atom. The SMILES string of the molecule is CC(NC(=O)c1cc(N2CCOCC2)ncn1)c1ncc(C(=O)Nc2cc(C(C)(C)C)on2)s1. The van der Waals surface area contributed by atoms with Gasteiger partial charge in [-0.25, -0.2) is 15.0 Å². The Kier molecular flexibility index (Phi) is 6.89. The van der Waals surface area contributed by atoms with Crippen molar-refractivity contribution in [1.82, 2.24) is 25.4 Å². The highest BCUT2D eigenvalue weighted by Gasteiger charge is 2.22. The van der Waals surface area contributed by atoms with Gasteiger partial charge >= 0.3 is 0 Å². The first-order valence-electron chi connectivity index (χ1n) is 10.9. The van der Waals surface area contributed by atoms with Crippen LogP contribution in [-0.2, 0) is 10.2 Å². The summed E-state index contributed by atoms with van der Waals surface area (Å²) in [5, 5.41) is 10.1. The van der Waals surface area contributed by atoms with E-state index in [1.807, 2.05) is 20.8 Å². The average Bonchev–Trinajstić information content (AvgIpc) is 3.50. The number of nitrogens with zero attached hydrogens (tertiary/aromatic N) is 5. The Labute approximate surface area is 200 Å². The van der Waals surface area contributed by atoms with Gasteiger partial charge in [0.2, 0.25) is 0 Å². The monoisotopic (exact) mass is 485 g/mol. The maximum absolute atomic E-state index is 12.8. The van der Waals surface area contributed by atoms with Gasteiger partial charge < -0.3 is 24.8 Å². The summed E-state index contributed by atoms with van der Waals surface area (Å²) in [5.74, 6) is 1.01. The molecule has 0 saturated carbocycles. The first-order valence-corrected chi connectivity index (χ1v) is 11.7. The number of thiazole rings is 1. The van der Waals surface area contributed by atoms with E-state index in [9.17, 15) is 9.59 Å². The lowest BCUT2D eigenvalue weighted by Crippen LogP contribution is -2.37. The zero-order valence-electron chi connectivity index (χ0n) is 19.5. The van der Waals surface area contributed by atoms with Crippen LogP contribution >= 0.6 is 11.3 Å². The van der Waals surface area contributed by atoms with E-state index >= 15 is 0 Å². The molecule has 0 aromatic carbocycles. The Bertz CT molecular complexity index is 1160. The predicted octanol–water partition coefficient (Wildman–Crippen LogP) is 2.80. The number of anilines is 2. The number of nitrogens with one attached hydrogen (secondary N) is 2. The van der Waals surface area contributed by atoms with Crippen LogP contribution in [0.3, 0.4) is 0 Å². The summed E-state index contributed by atoms with van der Waals surface area (Å²) in [5.41, 5.74) is 0.0482. The minimum atomic E-state index is -0.416. The molecule has 3 aromatic heterocycles. The predicted molar refractivity (Wildman–Crippen MR) is 126 cm³/mol. The molecule has 0 spiro atoms. The Morgan fingerprint density at radius 3 is 2.59 bits per heavy atom. The molecule has 1 aliphatic heterocycles. The Morgan fingerprint density at radius 1 is 1.12 bits per heavy atom. The second-order valence-corrected chi connectivity index (χ2v) is 9.96. The van der Waals surface area contributed by atoms with Crippen LogP contribution in [0.5, 0.6) is 0 Å². The molecule has 12 heteroatoms. The van der Waals surface area contributed by atoms with E-state index in [0.717, 1.165) is 0 Å². The largest absolute Gasteiger partial charge is 0.378 e. The molecule has 11 nitrogen and oxygen atoms in total. The third kappa shape index (κ3) is 5.57. The molecular weight excluding hydrogens is 458 g/mol. The van der Waals surface area contributed by atoms with Crippen LogP contribution in [0, 0.1) is 0 Å². The smallest absolute Gasteiger partial charge is 0.270 e. The topological polar surface area (TPSA) is 135 Å². The number of amides is 2. The standard InChI is InChI=1S/C22H27N7O4S/c1-13(26-19(30)14-9-18(25-12-24-14)29-5-7-32-8-6-29)21-23-11-15(34-21)20(31)27-17-10-16(33-28-17)22(2,3)4/h9-13H,5-8H2,1-4H3,(H,26,30)(H,27,28,31). The van der Waals surface area contributed by atoms with Gasteiger partial charge in [0.1, 0.15) is 33.5 Å². The zero-order valence-corrected chi connectivity index (χ0v) is 20.3. The van der Waals surface area contributed by atoms with Gasteiger partial charge in [-0.3, -0.25) is 9.59 Å². The number of morpholine rings is 1. The summed E-state index contributed by atoms with van der Waals surface area (Å²) in [6, 6.07) is 2.95. The van der Waals surface area contributed by atoms with Gasteiger partial charge in [-0.2, -0.15) is 0 Å². The minimum Gasteiger partial charge on any atom is -0.378 e. The molecule has 0 aliphatic carbocycles. The van der Waals surface area contributed by atoms with Crippen LogP contribution in [0.1, 0.15) is 64.7 Å². The van der Waals surface area contributed by atoms with Gasteiger partial charge in [0, 0.05) is 30.6 Å². The first-order chi connectivity index (χ1) is 16.2. The van der Waals surface area contributed by atoms with Gasteiger partial charge in [0.15, 0.2) is 5.82 Å². The number of carbonyl (C=O) groups is 2. The summed E-state index contributed by atoms with van der Waals surface area (Å²) in [6.45, 7) is 10.5. The van der Waals surface area contributed by atoms with Crippen LogP contribution in [0.4, 0.5) is 11.6 Å². The second-order valence-electron chi connectivity index (χ2n) is 8.90. The fraction of sp³-hybridized carbons (Fsp3) is 0.455. The normalized spacial score (nSPS) is 15.1. The molecule has 4 heterocycles. The molecule has 1 saturated heterocycles. The molecule has 2 amide bonds. The lowest BCUT2D eigenvalue weighted by atomic mass is 9.93. The van der Waals surface area contributed by atoms with Gasteiger partial charge in [-0.15, -0.1) is 11.3 Å². The lowest BCUT2D eigenvalue weighted by molar-refractivity contribution is 0.0934. The van der Waals surface area contributed by atoms with E-state index in [0.29, 0.717) is 53.6 Å². The summed E-state index contributed by atoms with van der Waals surface area (Å²) in [6.07, 6.45) is 2.86. The van der Waals surface area contributed by atoms with Crippen molar-refractivity contribution in [3.63, 3.8) is 0 Å². The van der Waals surface area contributed by atoms with Gasteiger partial charge in [0.05, 0.1) is 25.5 Å². The minimum absolute atomic E-state index is 0.214. The quantitative estimate of drug-likeness (QED) is 0.540. The van der Waals surface area contributed by atoms with Crippen LogP contribution in [0.2, 0.25) is 0 Å². The number of aromatic nitrogens is 4. The zero-order chi connectivity index (χ0) is 24.3. The van der Waals surface area contributed by atoms with E-state index in [-0.39, 0.29) is 22.9 Å². The van der Waals surface area contributed by atoms with Crippen molar-refractivity contribution in [2.75, 3.05) is 36.5 Å². The number of hydrogen-bond acceptors (Lipinski definition) is 10. The molecule has 2 N–H and O–H groups in total. The molecule has 0 bridgehead atoms. The lowest BCUT2D eigenvalue weighted by Gasteiger charge is -2.27. The van der Waals surface area contributed by atoms with Crippen molar-refractivity contribution in [2.24, 2.45) is 0 Å². The molecule has 0 radical (unpaired) electrons. The summed E-state index contributed by atoms with van der Waals surface area (Å²) >= 11 is 1.19. The van der Waals surface area contributed by atoms with Gasteiger partial charge in [-0.1, -0.05) is 25.9 Å². The van der Waals surface area contributed by atoms with Crippen molar-refractivity contribution in [1.29, 1.82) is 0 Å². The van der Waals surface area contributed by atoms with Gasteiger partial charge in [0.25, 0.3) is 11.8 Å².